The predicted molar refractivity (Wildman–Crippen MR) is 125 cm³/mol. The first-order valence-electron chi connectivity index (χ1n) is 11.3. The molecule has 2 aliphatic heterocycles. The lowest BCUT2D eigenvalue weighted by atomic mass is 10.0. The summed E-state index contributed by atoms with van der Waals surface area (Å²) in [6.07, 6.45) is 0.523. The van der Waals surface area contributed by atoms with E-state index >= 15 is 0 Å². The number of hydrogen-bond donors (Lipinski definition) is 1. The zero-order chi connectivity index (χ0) is 23.4. The van der Waals surface area contributed by atoms with Crippen molar-refractivity contribution in [1.82, 2.24) is 10.2 Å². The maximum absolute atomic E-state index is 13.5. The van der Waals surface area contributed by atoms with Crippen LogP contribution in [-0.2, 0) is 14.3 Å². The van der Waals surface area contributed by atoms with Crippen LogP contribution < -0.4 is 10.3 Å². The van der Waals surface area contributed by atoms with Gasteiger partial charge in [-0.15, -0.1) is 0 Å². The van der Waals surface area contributed by atoms with Gasteiger partial charge in [-0.05, 0) is 48.7 Å². The predicted octanol–water partition coefficient (Wildman–Crippen LogP) is 3.12. The van der Waals surface area contributed by atoms with Gasteiger partial charge in [-0.1, -0.05) is 24.3 Å². The van der Waals surface area contributed by atoms with E-state index in [0.717, 1.165) is 29.8 Å². The second kappa shape index (κ2) is 10.2. The monoisotopic (exact) mass is 452 g/mol. The Labute approximate surface area is 193 Å². The van der Waals surface area contributed by atoms with E-state index in [1.165, 1.54) is 17.1 Å². The van der Waals surface area contributed by atoms with Crippen LogP contribution >= 0.6 is 0 Å². The fourth-order valence-electron chi connectivity index (χ4n) is 4.18. The van der Waals surface area contributed by atoms with Gasteiger partial charge >= 0.3 is 0 Å². The second-order valence-corrected chi connectivity index (χ2v) is 8.47. The first-order valence-corrected chi connectivity index (χ1v) is 11.3. The smallest absolute Gasteiger partial charge is 0.267 e. The Morgan fingerprint density at radius 2 is 1.85 bits per heavy atom. The summed E-state index contributed by atoms with van der Waals surface area (Å²) in [7, 11) is 0. The number of carbonyl (C=O) groups excluding carboxylic acids is 2. The number of carbonyl (C=O) groups is 2. The van der Waals surface area contributed by atoms with Crippen molar-refractivity contribution in [2.24, 2.45) is 5.10 Å². The summed E-state index contributed by atoms with van der Waals surface area (Å²) in [5, 5.41) is 8.75. The maximum Gasteiger partial charge on any atom is 0.267 e. The van der Waals surface area contributed by atoms with Crippen LogP contribution in [0.3, 0.4) is 0 Å². The Balaban J connectivity index is 1.51. The van der Waals surface area contributed by atoms with Crippen molar-refractivity contribution < 1.29 is 18.7 Å². The summed E-state index contributed by atoms with van der Waals surface area (Å²) in [6.45, 7) is 6.91. The van der Waals surface area contributed by atoms with Gasteiger partial charge in [-0.25, -0.2) is 9.40 Å². The molecule has 0 saturated carbocycles. The van der Waals surface area contributed by atoms with Crippen LogP contribution in [0, 0.1) is 19.7 Å². The quantitative estimate of drug-likeness (QED) is 0.731. The minimum absolute atomic E-state index is 0.112. The molecule has 1 fully saturated rings. The number of benzene rings is 2. The van der Waals surface area contributed by atoms with Crippen LogP contribution in [0.2, 0.25) is 0 Å². The normalized spacial score (nSPS) is 18.1. The molecule has 1 unspecified atom stereocenters. The van der Waals surface area contributed by atoms with E-state index in [2.05, 4.69) is 15.3 Å². The Bertz CT molecular complexity index is 1050. The molecule has 0 aliphatic carbocycles. The average Bonchev–Trinajstić information content (AvgIpc) is 2.83. The number of hydrazone groups is 1. The summed E-state index contributed by atoms with van der Waals surface area (Å²) >= 11 is 0. The topological polar surface area (TPSA) is 74.2 Å². The van der Waals surface area contributed by atoms with Crippen LogP contribution in [-0.4, -0.2) is 55.3 Å². The van der Waals surface area contributed by atoms with E-state index in [1.54, 1.807) is 12.1 Å². The van der Waals surface area contributed by atoms with Gasteiger partial charge in [0.2, 0.25) is 5.91 Å². The lowest BCUT2D eigenvalue weighted by Gasteiger charge is -2.35. The summed E-state index contributed by atoms with van der Waals surface area (Å²) < 4.78 is 18.9. The molecule has 8 heteroatoms. The highest BCUT2D eigenvalue weighted by atomic mass is 19.1. The molecule has 0 aromatic heterocycles. The molecule has 2 aromatic rings. The number of morpholine rings is 1. The number of aryl methyl sites for hydroxylation is 2. The number of amides is 2. The van der Waals surface area contributed by atoms with E-state index in [1.807, 2.05) is 32.0 Å². The first-order chi connectivity index (χ1) is 15.9. The Morgan fingerprint density at radius 3 is 2.58 bits per heavy atom. The van der Waals surface area contributed by atoms with E-state index in [0.29, 0.717) is 37.6 Å². The van der Waals surface area contributed by atoms with Crippen molar-refractivity contribution in [2.75, 3.05) is 37.9 Å². The third-order valence-electron chi connectivity index (χ3n) is 6.08. The van der Waals surface area contributed by atoms with E-state index in [9.17, 15) is 14.0 Å². The van der Waals surface area contributed by atoms with Crippen molar-refractivity contribution >= 4 is 23.2 Å². The Hall–Kier alpha value is -3.10. The highest BCUT2D eigenvalue weighted by Crippen LogP contribution is 2.26. The van der Waals surface area contributed by atoms with Gasteiger partial charge in [-0.2, -0.15) is 5.10 Å². The number of anilines is 1. The zero-order valence-electron chi connectivity index (χ0n) is 19.0. The molecule has 2 heterocycles. The maximum atomic E-state index is 13.5. The summed E-state index contributed by atoms with van der Waals surface area (Å²) in [6, 6.07) is 12.1. The molecule has 174 valence electrons. The van der Waals surface area contributed by atoms with Crippen LogP contribution in [0.5, 0.6) is 0 Å². The van der Waals surface area contributed by atoms with Crippen molar-refractivity contribution in [3.8, 4) is 0 Å². The molecular weight excluding hydrogens is 423 g/mol. The van der Waals surface area contributed by atoms with Crippen molar-refractivity contribution in [2.45, 2.75) is 32.7 Å². The lowest BCUT2D eigenvalue weighted by Crippen LogP contribution is -2.46. The van der Waals surface area contributed by atoms with Gasteiger partial charge < -0.3 is 10.1 Å². The van der Waals surface area contributed by atoms with Crippen LogP contribution in [0.15, 0.2) is 47.6 Å². The SMILES string of the molecule is Cc1ccc(C)c(N2N=C(C(=O)NCC(c3ccc(F)cc3)N3CCOCC3)CCC2=O)c1. The fraction of sp³-hybridized carbons (Fsp3) is 0.400. The lowest BCUT2D eigenvalue weighted by molar-refractivity contribution is -0.119. The van der Waals surface area contributed by atoms with Crippen molar-refractivity contribution in [3.63, 3.8) is 0 Å². The zero-order valence-corrected chi connectivity index (χ0v) is 19.0. The highest BCUT2D eigenvalue weighted by molar-refractivity contribution is 6.40. The van der Waals surface area contributed by atoms with E-state index in [-0.39, 0.29) is 30.1 Å². The van der Waals surface area contributed by atoms with Gasteiger partial charge in [0.25, 0.3) is 5.91 Å². The van der Waals surface area contributed by atoms with Crippen molar-refractivity contribution in [1.29, 1.82) is 0 Å². The molecule has 1 saturated heterocycles. The third-order valence-corrected chi connectivity index (χ3v) is 6.08. The molecule has 7 nitrogen and oxygen atoms in total. The van der Waals surface area contributed by atoms with Gasteiger partial charge in [0, 0.05) is 32.5 Å². The molecule has 1 N–H and O–H groups in total. The summed E-state index contributed by atoms with van der Waals surface area (Å²) in [5.74, 6) is -0.716. The molecular formula is C25H29FN4O3. The first kappa shape index (κ1) is 23.1. The number of halogens is 1. The summed E-state index contributed by atoms with van der Waals surface area (Å²) in [4.78, 5) is 27.8. The molecule has 2 amide bonds. The molecule has 4 rings (SSSR count). The largest absolute Gasteiger partial charge is 0.379 e. The minimum Gasteiger partial charge on any atom is -0.379 e. The van der Waals surface area contributed by atoms with E-state index < -0.39 is 0 Å². The Morgan fingerprint density at radius 1 is 1.12 bits per heavy atom. The molecule has 0 bridgehead atoms. The number of nitrogens with one attached hydrogen (secondary N) is 1. The fourth-order valence-corrected chi connectivity index (χ4v) is 4.18. The molecule has 2 aliphatic rings. The number of ether oxygens (including phenoxy) is 1. The van der Waals surface area contributed by atoms with Gasteiger partial charge in [0.15, 0.2) is 0 Å². The second-order valence-electron chi connectivity index (χ2n) is 8.47. The molecule has 2 aromatic carbocycles. The molecule has 0 radical (unpaired) electrons. The standard InChI is InChI=1S/C25H29FN4O3/c1-17-3-4-18(2)22(15-17)30-24(31)10-9-21(28-30)25(32)27-16-23(29-11-13-33-14-12-29)19-5-7-20(26)8-6-19/h3-8,15,23H,9-14,16H2,1-2H3,(H,27,32). The number of hydrogen-bond acceptors (Lipinski definition) is 5. The highest BCUT2D eigenvalue weighted by Gasteiger charge is 2.28. The molecule has 0 spiro atoms. The van der Waals surface area contributed by atoms with Crippen LogP contribution in [0.1, 0.15) is 35.6 Å². The minimum atomic E-state index is -0.295. The van der Waals surface area contributed by atoms with E-state index in [4.69, 9.17) is 4.74 Å². The number of nitrogens with zero attached hydrogens (tertiary/aromatic N) is 3. The number of rotatable bonds is 6. The van der Waals surface area contributed by atoms with Gasteiger partial charge in [-0.3, -0.25) is 14.5 Å². The third kappa shape index (κ3) is 5.46. The van der Waals surface area contributed by atoms with Gasteiger partial charge in [0.05, 0.1) is 24.9 Å². The summed E-state index contributed by atoms with van der Waals surface area (Å²) in [5.41, 5.74) is 3.89. The molecule has 33 heavy (non-hydrogen) atoms. The Kier molecular flexibility index (Phi) is 7.15. The molecule has 1 atom stereocenters. The van der Waals surface area contributed by atoms with Crippen LogP contribution in [0.25, 0.3) is 0 Å². The van der Waals surface area contributed by atoms with Crippen molar-refractivity contribution in [3.05, 3.63) is 65.0 Å². The van der Waals surface area contributed by atoms with Crippen LogP contribution in [0.4, 0.5) is 10.1 Å². The average molecular weight is 453 g/mol. The van der Waals surface area contributed by atoms with Gasteiger partial charge in [0.1, 0.15) is 11.5 Å².